The summed E-state index contributed by atoms with van der Waals surface area (Å²) in [5, 5.41) is 23.5. The maximum absolute atomic E-state index is 12.6. The van der Waals surface area contributed by atoms with Crippen molar-refractivity contribution >= 4 is 11.9 Å². The lowest BCUT2D eigenvalue weighted by Gasteiger charge is -2.22. The van der Waals surface area contributed by atoms with Crippen molar-refractivity contribution in [3.8, 4) is 0 Å². The van der Waals surface area contributed by atoms with E-state index < -0.39 is 12.1 Å². The van der Waals surface area contributed by atoms with Crippen LogP contribution in [0.25, 0.3) is 0 Å². The molecule has 0 aromatic heterocycles. The van der Waals surface area contributed by atoms with Gasteiger partial charge >= 0.3 is 5.97 Å². The molecule has 0 radical (unpaired) electrons. The van der Waals surface area contributed by atoms with Gasteiger partial charge in [-0.2, -0.15) is 0 Å². The summed E-state index contributed by atoms with van der Waals surface area (Å²) in [5.41, 5.74) is 0. The lowest BCUT2D eigenvalue weighted by molar-refractivity contribution is -0.143. The maximum atomic E-state index is 12.6. The Morgan fingerprint density at radius 3 is 0.866 bits per heavy atom. The highest BCUT2D eigenvalue weighted by Gasteiger charge is 2.20. The number of carbonyl (C=O) groups is 2. The van der Waals surface area contributed by atoms with Crippen LogP contribution in [0.2, 0.25) is 0 Å². The number of esters is 1. The van der Waals surface area contributed by atoms with Crippen molar-refractivity contribution in [2.45, 2.75) is 437 Å². The third-order valence-electron chi connectivity index (χ3n) is 17.7. The number of carbonyl (C=O) groups excluding carboxylic acids is 2. The first-order valence-corrected chi connectivity index (χ1v) is 37.6. The summed E-state index contributed by atoms with van der Waals surface area (Å²) in [7, 11) is 0. The van der Waals surface area contributed by atoms with Crippen molar-refractivity contribution in [1.29, 1.82) is 0 Å². The quantitative estimate of drug-likeness (QED) is 0.0320. The molecule has 0 aliphatic carbocycles. The van der Waals surface area contributed by atoms with E-state index in [1.807, 2.05) is 0 Å². The molecule has 0 aliphatic rings. The Balaban J connectivity index is 3.39. The second-order valence-electron chi connectivity index (χ2n) is 26.0. The standard InChI is InChI=1S/C76H147NO5/c1-3-5-7-9-11-13-15-17-19-20-21-22-23-25-28-31-34-37-41-44-48-52-56-60-64-68-74(79)73(72-78)77-75(80)69-65-61-57-53-49-45-42-38-35-32-29-26-24-27-30-33-36-39-43-47-51-55-59-63-67-71-82-76(81)70-66-62-58-54-50-46-40-18-16-14-12-10-8-6-4-2/h18,26,29,40,73-74,78-79H,3-17,19-25,27-28,30-39,41-72H2,1-2H3,(H,77,80)/b29-26-,40-18-. The third-order valence-corrected chi connectivity index (χ3v) is 17.7. The van der Waals surface area contributed by atoms with Crippen molar-refractivity contribution < 1.29 is 24.5 Å². The van der Waals surface area contributed by atoms with Crippen LogP contribution in [0.1, 0.15) is 425 Å². The molecule has 2 atom stereocenters. The first-order chi connectivity index (χ1) is 40.5. The SMILES string of the molecule is CCCCCCCC/C=C\CCCCCCCC(=O)OCCCCCCCCCCCCCC/C=C\CCCCCCCCCCCC(=O)NC(CO)C(O)CCCCCCCCCCCCCCCCCCCCCCCCCCC. The molecule has 82 heavy (non-hydrogen) atoms. The van der Waals surface area contributed by atoms with E-state index in [9.17, 15) is 19.8 Å². The normalized spacial score (nSPS) is 12.6. The van der Waals surface area contributed by atoms with Crippen LogP contribution in [0.5, 0.6) is 0 Å². The highest BCUT2D eigenvalue weighted by molar-refractivity contribution is 5.76. The Kier molecular flexibility index (Phi) is 70.4. The Labute approximate surface area is 513 Å². The number of amides is 1. The summed E-state index contributed by atoms with van der Waals surface area (Å²) in [6.07, 6.45) is 91.0. The molecule has 0 saturated heterocycles. The number of aliphatic hydroxyl groups excluding tert-OH is 2. The molecule has 3 N–H and O–H groups in total. The molecule has 0 rings (SSSR count). The van der Waals surface area contributed by atoms with E-state index >= 15 is 0 Å². The van der Waals surface area contributed by atoms with Crippen LogP contribution in [0, 0.1) is 0 Å². The number of ether oxygens (including phenoxy) is 1. The van der Waals surface area contributed by atoms with Gasteiger partial charge in [0.05, 0.1) is 25.4 Å². The third kappa shape index (κ3) is 67.5. The molecule has 486 valence electrons. The number of unbranched alkanes of at least 4 members (excludes halogenated alkanes) is 56. The highest BCUT2D eigenvalue weighted by Crippen LogP contribution is 2.19. The fraction of sp³-hybridized carbons (Fsp3) is 0.921. The van der Waals surface area contributed by atoms with Gasteiger partial charge in [0.25, 0.3) is 0 Å². The van der Waals surface area contributed by atoms with Gasteiger partial charge in [0.15, 0.2) is 0 Å². The predicted molar refractivity (Wildman–Crippen MR) is 361 cm³/mol. The minimum atomic E-state index is -0.668. The smallest absolute Gasteiger partial charge is 0.305 e. The van der Waals surface area contributed by atoms with Gasteiger partial charge in [0, 0.05) is 12.8 Å². The molecule has 1 amide bonds. The summed E-state index contributed by atoms with van der Waals surface area (Å²) >= 11 is 0. The van der Waals surface area contributed by atoms with Gasteiger partial charge in [-0.1, -0.05) is 359 Å². The minimum Gasteiger partial charge on any atom is -0.466 e. The van der Waals surface area contributed by atoms with Crippen LogP contribution in [0.3, 0.4) is 0 Å². The largest absolute Gasteiger partial charge is 0.466 e. The number of rotatable bonds is 71. The van der Waals surface area contributed by atoms with Crippen molar-refractivity contribution in [2.24, 2.45) is 0 Å². The Morgan fingerprint density at radius 2 is 0.573 bits per heavy atom. The van der Waals surface area contributed by atoms with Crippen LogP contribution in [-0.2, 0) is 14.3 Å². The van der Waals surface area contributed by atoms with Crippen molar-refractivity contribution in [1.82, 2.24) is 5.32 Å². The first-order valence-electron chi connectivity index (χ1n) is 37.6. The molecule has 0 spiro atoms. The van der Waals surface area contributed by atoms with E-state index in [4.69, 9.17) is 4.74 Å². The predicted octanol–water partition coefficient (Wildman–Crippen LogP) is 24.5. The van der Waals surface area contributed by atoms with Gasteiger partial charge in [-0.15, -0.1) is 0 Å². The van der Waals surface area contributed by atoms with E-state index in [0.29, 0.717) is 25.9 Å². The molecule has 0 aliphatic heterocycles. The zero-order valence-corrected chi connectivity index (χ0v) is 55.8. The van der Waals surface area contributed by atoms with Crippen molar-refractivity contribution in [3.63, 3.8) is 0 Å². The zero-order valence-electron chi connectivity index (χ0n) is 55.8. The molecule has 0 fully saturated rings. The average Bonchev–Trinajstić information content (AvgIpc) is 3.48. The van der Waals surface area contributed by atoms with Crippen LogP contribution in [-0.4, -0.2) is 47.4 Å². The summed E-state index contributed by atoms with van der Waals surface area (Å²) in [6.45, 7) is 4.99. The number of allylic oxidation sites excluding steroid dienone is 4. The fourth-order valence-corrected chi connectivity index (χ4v) is 12.0. The van der Waals surface area contributed by atoms with Gasteiger partial charge in [0.2, 0.25) is 5.91 Å². The second kappa shape index (κ2) is 71.8. The van der Waals surface area contributed by atoms with Gasteiger partial charge in [-0.25, -0.2) is 0 Å². The Morgan fingerprint density at radius 1 is 0.329 bits per heavy atom. The van der Waals surface area contributed by atoms with E-state index in [1.54, 1.807) is 0 Å². The monoisotopic (exact) mass is 1150 g/mol. The van der Waals surface area contributed by atoms with E-state index in [1.165, 1.54) is 347 Å². The van der Waals surface area contributed by atoms with E-state index in [0.717, 1.165) is 44.9 Å². The summed E-state index contributed by atoms with van der Waals surface area (Å²) in [4.78, 5) is 24.6. The van der Waals surface area contributed by atoms with Crippen LogP contribution >= 0.6 is 0 Å². The molecule has 0 aromatic rings. The lowest BCUT2D eigenvalue weighted by Crippen LogP contribution is -2.45. The zero-order chi connectivity index (χ0) is 59.2. The van der Waals surface area contributed by atoms with Crippen LogP contribution in [0.15, 0.2) is 24.3 Å². The van der Waals surface area contributed by atoms with Crippen LogP contribution in [0.4, 0.5) is 0 Å². The number of hydrogen-bond acceptors (Lipinski definition) is 5. The Hall–Kier alpha value is -1.66. The van der Waals surface area contributed by atoms with E-state index in [-0.39, 0.29) is 18.5 Å². The van der Waals surface area contributed by atoms with Crippen LogP contribution < -0.4 is 5.32 Å². The number of nitrogens with one attached hydrogen (secondary N) is 1. The number of hydrogen-bond donors (Lipinski definition) is 3. The van der Waals surface area contributed by atoms with Gasteiger partial charge < -0.3 is 20.3 Å². The van der Waals surface area contributed by atoms with Crippen molar-refractivity contribution in [2.75, 3.05) is 13.2 Å². The number of aliphatic hydroxyl groups is 2. The fourth-order valence-electron chi connectivity index (χ4n) is 12.0. The topological polar surface area (TPSA) is 95.9 Å². The molecule has 0 aromatic carbocycles. The van der Waals surface area contributed by atoms with E-state index in [2.05, 4.69) is 43.5 Å². The van der Waals surface area contributed by atoms with Gasteiger partial charge in [-0.3, -0.25) is 9.59 Å². The summed E-state index contributed by atoms with van der Waals surface area (Å²) < 4.78 is 5.49. The summed E-state index contributed by atoms with van der Waals surface area (Å²) in [5.74, 6) is -0.0262. The molecule has 6 nitrogen and oxygen atoms in total. The van der Waals surface area contributed by atoms with Crippen molar-refractivity contribution in [3.05, 3.63) is 24.3 Å². The summed E-state index contributed by atoms with van der Waals surface area (Å²) in [6, 6.07) is -0.545. The highest BCUT2D eigenvalue weighted by atomic mass is 16.5. The second-order valence-corrected chi connectivity index (χ2v) is 26.0. The first kappa shape index (κ1) is 80.3. The molecular weight excluding hydrogens is 1010 g/mol. The Bertz CT molecular complexity index is 1280. The molecular formula is C76H147NO5. The molecule has 0 heterocycles. The molecule has 2 unspecified atom stereocenters. The average molecular weight is 1160 g/mol. The van der Waals surface area contributed by atoms with Gasteiger partial charge in [0.1, 0.15) is 0 Å². The molecule has 6 heteroatoms. The minimum absolute atomic E-state index is 0.00662. The maximum Gasteiger partial charge on any atom is 0.305 e. The van der Waals surface area contributed by atoms with Gasteiger partial charge in [-0.05, 0) is 77.0 Å². The molecule has 0 bridgehead atoms. The lowest BCUT2D eigenvalue weighted by atomic mass is 10.0. The molecule has 0 saturated carbocycles.